The summed E-state index contributed by atoms with van der Waals surface area (Å²) in [5.41, 5.74) is 0. The van der Waals surface area contributed by atoms with Crippen molar-refractivity contribution in [3.63, 3.8) is 0 Å². The summed E-state index contributed by atoms with van der Waals surface area (Å²) in [6.45, 7) is 2.37. The van der Waals surface area contributed by atoms with Gasteiger partial charge in [-0.05, 0) is 17.3 Å². The number of ether oxygens (including phenoxy) is 3. The third-order valence-electron chi connectivity index (χ3n) is 2.22. The number of unbranched alkanes of at least 4 members (excludes halogenated alkanes) is 3. The predicted octanol–water partition coefficient (Wildman–Crippen LogP) is 2.58. The van der Waals surface area contributed by atoms with E-state index in [-0.39, 0.29) is 5.97 Å². The maximum atomic E-state index is 10.7. The maximum Gasteiger partial charge on any atom is 0.307 e. The lowest BCUT2D eigenvalue weighted by Crippen LogP contribution is -2.09. The van der Waals surface area contributed by atoms with Gasteiger partial charge in [0.05, 0.1) is 33.4 Å². The number of alkyl halides is 1. The third-order valence-corrected chi connectivity index (χ3v) is 2.99. The fourth-order valence-electron chi connectivity index (χ4n) is 1.23. The number of rotatable bonds is 12. The second kappa shape index (κ2) is 14.2. The van der Waals surface area contributed by atoms with Gasteiger partial charge in [-0.15, -0.1) is 0 Å². The summed E-state index contributed by atoms with van der Waals surface area (Å²) in [6.07, 6.45) is 5.27. The molecule has 0 aliphatic heterocycles. The Balaban J connectivity index is 2.96. The average molecular weight is 358 g/mol. The molecule has 102 valence electrons. The van der Waals surface area contributed by atoms with Crippen molar-refractivity contribution >= 4 is 28.6 Å². The SMILES string of the molecule is COC(=O)CCOCCOCCCCCCI. The van der Waals surface area contributed by atoms with E-state index in [4.69, 9.17) is 9.47 Å². The lowest BCUT2D eigenvalue weighted by molar-refractivity contribution is -0.141. The molecule has 0 saturated carbocycles. The average Bonchev–Trinajstić information content (AvgIpc) is 2.35. The zero-order chi connectivity index (χ0) is 12.8. The number of carbonyl (C=O) groups is 1. The van der Waals surface area contributed by atoms with E-state index in [9.17, 15) is 4.79 Å². The van der Waals surface area contributed by atoms with Crippen molar-refractivity contribution in [1.82, 2.24) is 0 Å². The molecule has 0 N–H and O–H groups in total. The summed E-state index contributed by atoms with van der Waals surface area (Å²) in [5, 5.41) is 0. The zero-order valence-electron chi connectivity index (χ0n) is 10.6. The first-order chi connectivity index (χ1) is 8.31. The Bertz CT molecular complexity index is 176. The van der Waals surface area contributed by atoms with Gasteiger partial charge in [-0.25, -0.2) is 0 Å². The van der Waals surface area contributed by atoms with Crippen molar-refractivity contribution in [2.24, 2.45) is 0 Å². The molecule has 0 aliphatic rings. The van der Waals surface area contributed by atoms with Gasteiger partial charge < -0.3 is 14.2 Å². The second-order valence-corrected chi connectivity index (χ2v) is 4.73. The number of hydrogen-bond donors (Lipinski definition) is 0. The Labute approximate surface area is 118 Å². The van der Waals surface area contributed by atoms with Crippen LogP contribution in [0.2, 0.25) is 0 Å². The first-order valence-corrected chi connectivity index (χ1v) is 7.62. The Morgan fingerprint density at radius 2 is 1.59 bits per heavy atom. The second-order valence-electron chi connectivity index (χ2n) is 3.65. The molecule has 0 aromatic carbocycles. The quantitative estimate of drug-likeness (QED) is 0.233. The van der Waals surface area contributed by atoms with Crippen molar-refractivity contribution in [1.29, 1.82) is 0 Å². The molecule has 0 aromatic heterocycles. The molecular weight excluding hydrogens is 335 g/mol. The summed E-state index contributed by atoms with van der Waals surface area (Å²) in [4.78, 5) is 10.7. The molecule has 0 fully saturated rings. The van der Waals surface area contributed by atoms with Crippen molar-refractivity contribution in [2.75, 3.05) is 38.0 Å². The van der Waals surface area contributed by atoms with Gasteiger partial charge in [-0.2, -0.15) is 0 Å². The summed E-state index contributed by atoms with van der Waals surface area (Å²) < 4.78 is 16.4. The molecule has 5 heteroatoms. The Hall–Kier alpha value is 0.120. The molecule has 4 nitrogen and oxygen atoms in total. The van der Waals surface area contributed by atoms with E-state index >= 15 is 0 Å². The summed E-state index contributed by atoms with van der Waals surface area (Å²) in [5.74, 6) is -0.235. The largest absolute Gasteiger partial charge is 0.469 e. The highest BCUT2D eigenvalue weighted by atomic mass is 127. The van der Waals surface area contributed by atoms with Crippen LogP contribution in [-0.2, 0) is 19.0 Å². The minimum Gasteiger partial charge on any atom is -0.469 e. The first kappa shape index (κ1) is 17.1. The Kier molecular flexibility index (Phi) is 14.3. The molecule has 0 saturated heterocycles. The normalized spacial score (nSPS) is 10.5. The Morgan fingerprint density at radius 3 is 2.24 bits per heavy atom. The van der Waals surface area contributed by atoms with Gasteiger partial charge in [0.25, 0.3) is 0 Å². The summed E-state index contributed by atoms with van der Waals surface area (Å²) >= 11 is 2.40. The first-order valence-electron chi connectivity index (χ1n) is 6.09. The molecule has 0 amide bonds. The summed E-state index contributed by atoms with van der Waals surface area (Å²) in [7, 11) is 1.38. The molecule has 17 heavy (non-hydrogen) atoms. The molecule has 0 rings (SSSR count). The smallest absolute Gasteiger partial charge is 0.307 e. The monoisotopic (exact) mass is 358 g/mol. The molecule has 0 aliphatic carbocycles. The van der Waals surface area contributed by atoms with Gasteiger partial charge >= 0.3 is 5.97 Å². The fraction of sp³-hybridized carbons (Fsp3) is 0.917. The highest BCUT2D eigenvalue weighted by Crippen LogP contribution is 2.02. The topological polar surface area (TPSA) is 44.8 Å². The number of hydrogen-bond acceptors (Lipinski definition) is 4. The van der Waals surface area contributed by atoms with Crippen LogP contribution in [0.15, 0.2) is 0 Å². The number of methoxy groups -OCH3 is 1. The van der Waals surface area contributed by atoms with Crippen molar-refractivity contribution in [3.05, 3.63) is 0 Å². The maximum absolute atomic E-state index is 10.7. The molecule has 0 unspecified atom stereocenters. The highest BCUT2D eigenvalue weighted by Gasteiger charge is 1.98. The number of esters is 1. The van der Waals surface area contributed by atoms with Gasteiger partial charge in [-0.1, -0.05) is 35.4 Å². The highest BCUT2D eigenvalue weighted by molar-refractivity contribution is 14.1. The van der Waals surface area contributed by atoms with Gasteiger partial charge in [0, 0.05) is 6.61 Å². The van der Waals surface area contributed by atoms with Crippen molar-refractivity contribution in [3.8, 4) is 0 Å². The Morgan fingerprint density at radius 1 is 0.941 bits per heavy atom. The van der Waals surface area contributed by atoms with Crippen LogP contribution < -0.4 is 0 Å². The van der Waals surface area contributed by atoms with Crippen LogP contribution in [-0.4, -0.2) is 43.9 Å². The van der Waals surface area contributed by atoms with Crippen LogP contribution in [0.5, 0.6) is 0 Å². The van der Waals surface area contributed by atoms with Crippen LogP contribution in [0.3, 0.4) is 0 Å². The standard InChI is InChI=1S/C12H23IO4/c1-15-12(14)6-9-17-11-10-16-8-5-3-2-4-7-13/h2-11H2,1H3. The lowest BCUT2D eigenvalue weighted by Gasteiger charge is -2.05. The summed E-state index contributed by atoms with van der Waals surface area (Å²) in [6, 6.07) is 0. The van der Waals surface area contributed by atoms with Crippen LogP contribution >= 0.6 is 22.6 Å². The third kappa shape index (κ3) is 14.1. The van der Waals surface area contributed by atoms with E-state index < -0.39 is 0 Å². The van der Waals surface area contributed by atoms with E-state index in [0.29, 0.717) is 26.2 Å². The molecule has 0 heterocycles. The van der Waals surface area contributed by atoms with Gasteiger partial charge in [0.15, 0.2) is 0 Å². The zero-order valence-corrected chi connectivity index (χ0v) is 12.7. The minimum atomic E-state index is -0.235. The molecule has 0 bridgehead atoms. The number of halogens is 1. The van der Waals surface area contributed by atoms with E-state index in [1.165, 1.54) is 30.8 Å². The van der Waals surface area contributed by atoms with Crippen molar-refractivity contribution in [2.45, 2.75) is 32.1 Å². The van der Waals surface area contributed by atoms with E-state index in [0.717, 1.165) is 13.0 Å². The molecular formula is C12H23IO4. The van der Waals surface area contributed by atoms with Gasteiger partial charge in [0.1, 0.15) is 0 Å². The van der Waals surface area contributed by atoms with Crippen molar-refractivity contribution < 1.29 is 19.0 Å². The predicted molar refractivity (Wildman–Crippen MR) is 75.6 cm³/mol. The van der Waals surface area contributed by atoms with E-state index in [1.54, 1.807) is 0 Å². The molecule has 0 radical (unpaired) electrons. The van der Waals surface area contributed by atoms with Crippen LogP contribution in [0, 0.1) is 0 Å². The van der Waals surface area contributed by atoms with Crippen LogP contribution in [0.1, 0.15) is 32.1 Å². The van der Waals surface area contributed by atoms with Gasteiger partial charge in [-0.3, -0.25) is 4.79 Å². The van der Waals surface area contributed by atoms with Crippen LogP contribution in [0.4, 0.5) is 0 Å². The van der Waals surface area contributed by atoms with Gasteiger partial charge in [0.2, 0.25) is 0 Å². The van der Waals surface area contributed by atoms with E-state index in [2.05, 4.69) is 27.3 Å². The minimum absolute atomic E-state index is 0.235. The molecule has 0 aromatic rings. The number of carbonyl (C=O) groups excluding carboxylic acids is 1. The van der Waals surface area contributed by atoms with Crippen LogP contribution in [0.25, 0.3) is 0 Å². The van der Waals surface area contributed by atoms with E-state index in [1.807, 2.05) is 0 Å². The molecule has 0 atom stereocenters. The lowest BCUT2D eigenvalue weighted by atomic mass is 10.2. The fourth-order valence-corrected chi connectivity index (χ4v) is 1.77. The molecule has 0 spiro atoms.